The molecule has 0 saturated heterocycles. The summed E-state index contributed by atoms with van der Waals surface area (Å²) in [7, 11) is 0. The van der Waals surface area contributed by atoms with Gasteiger partial charge in [-0.15, -0.1) is 0 Å². The Hall–Kier alpha value is -1.46. The quantitative estimate of drug-likeness (QED) is 0.803. The van der Waals surface area contributed by atoms with Crippen molar-refractivity contribution in [3.05, 3.63) is 28.2 Å². The summed E-state index contributed by atoms with van der Waals surface area (Å²) in [6.45, 7) is 3.36. The number of nitrogens with one attached hydrogen (secondary N) is 1. The SMILES string of the molecule is CCC[C@@H](NC(=O)C(C)Oc1ccc(Cl)cc1Cl)C(=O)O. The Balaban J connectivity index is 2.67. The zero-order valence-corrected chi connectivity index (χ0v) is 13.2. The summed E-state index contributed by atoms with van der Waals surface area (Å²) >= 11 is 11.7. The molecule has 1 aromatic carbocycles. The molecule has 0 fully saturated rings. The lowest BCUT2D eigenvalue weighted by atomic mass is 10.1. The maximum Gasteiger partial charge on any atom is 0.326 e. The van der Waals surface area contributed by atoms with Crippen LogP contribution in [0.2, 0.25) is 10.0 Å². The molecule has 0 radical (unpaired) electrons. The van der Waals surface area contributed by atoms with Crippen molar-refractivity contribution in [1.82, 2.24) is 5.32 Å². The minimum atomic E-state index is -1.07. The van der Waals surface area contributed by atoms with Crippen molar-refractivity contribution < 1.29 is 19.4 Å². The molecular formula is C14H17Cl2NO4. The molecule has 1 unspecified atom stereocenters. The standard InChI is InChI=1S/C14H17Cl2NO4/c1-3-4-11(14(19)20)17-13(18)8(2)21-12-6-5-9(15)7-10(12)16/h5-8,11H,3-4H2,1-2H3,(H,17,18)(H,19,20)/t8?,11-/m1/s1. The summed E-state index contributed by atoms with van der Waals surface area (Å²) in [6, 6.07) is 3.72. The van der Waals surface area contributed by atoms with E-state index in [1.54, 1.807) is 12.1 Å². The molecule has 2 N–H and O–H groups in total. The van der Waals surface area contributed by atoms with Crippen molar-refractivity contribution in [1.29, 1.82) is 0 Å². The van der Waals surface area contributed by atoms with Gasteiger partial charge in [0.15, 0.2) is 6.10 Å². The van der Waals surface area contributed by atoms with Crippen LogP contribution in [0.4, 0.5) is 0 Å². The third kappa shape index (κ3) is 5.44. The van der Waals surface area contributed by atoms with E-state index < -0.39 is 24.0 Å². The zero-order chi connectivity index (χ0) is 16.0. The van der Waals surface area contributed by atoms with Gasteiger partial charge in [0.2, 0.25) is 0 Å². The van der Waals surface area contributed by atoms with Crippen LogP contribution in [0.15, 0.2) is 18.2 Å². The van der Waals surface area contributed by atoms with Crippen molar-refractivity contribution >= 4 is 35.1 Å². The van der Waals surface area contributed by atoms with E-state index in [-0.39, 0.29) is 5.02 Å². The van der Waals surface area contributed by atoms with Crippen molar-refractivity contribution in [2.45, 2.75) is 38.8 Å². The highest BCUT2D eigenvalue weighted by molar-refractivity contribution is 6.35. The van der Waals surface area contributed by atoms with Gasteiger partial charge in [-0.25, -0.2) is 4.79 Å². The molecule has 1 aromatic rings. The smallest absolute Gasteiger partial charge is 0.326 e. The molecule has 116 valence electrons. The fourth-order valence-corrected chi connectivity index (χ4v) is 2.10. The van der Waals surface area contributed by atoms with Crippen molar-refractivity contribution in [2.75, 3.05) is 0 Å². The average molecular weight is 334 g/mol. The Morgan fingerprint density at radius 1 is 1.38 bits per heavy atom. The van der Waals surface area contributed by atoms with E-state index in [0.717, 1.165) is 0 Å². The van der Waals surface area contributed by atoms with Crippen LogP contribution in [0.5, 0.6) is 5.75 Å². The predicted molar refractivity (Wildman–Crippen MR) is 81.0 cm³/mol. The number of rotatable bonds is 7. The Morgan fingerprint density at radius 2 is 2.05 bits per heavy atom. The summed E-state index contributed by atoms with van der Waals surface area (Å²) in [4.78, 5) is 23.0. The number of aliphatic carboxylic acids is 1. The highest BCUT2D eigenvalue weighted by Gasteiger charge is 2.23. The lowest BCUT2D eigenvalue weighted by molar-refractivity contribution is -0.143. The number of carbonyl (C=O) groups excluding carboxylic acids is 1. The highest BCUT2D eigenvalue weighted by Crippen LogP contribution is 2.28. The fourth-order valence-electron chi connectivity index (χ4n) is 1.65. The number of carboxylic acids is 1. The summed E-state index contributed by atoms with van der Waals surface area (Å²) in [5, 5.41) is 12.2. The second-order valence-electron chi connectivity index (χ2n) is 4.52. The van der Waals surface area contributed by atoms with E-state index in [1.165, 1.54) is 13.0 Å². The average Bonchev–Trinajstić information content (AvgIpc) is 2.41. The highest BCUT2D eigenvalue weighted by atomic mass is 35.5. The topological polar surface area (TPSA) is 75.6 Å². The summed E-state index contributed by atoms with van der Waals surface area (Å²) in [5.74, 6) is -1.27. The van der Waals surface area contributed by atoms with Gasteiger partial charge in [0.25, 0.3) is 5.91 Å². The van der Waals surface area contributed by atoms with Gasteiger partial charge in [-0.2, -0.15) is 0 Å². The molecule has 0 aliphatic rings. The van der Waals surface area contributed by atoms with E-state index in [1.807, 2.05) is 6.92 Å². The molecule has 0 saturated carbocycles. The van der Waals surface area contributed by atoms with Crippen LogP contribution in [0.1, 0.15) is 26.7 Å². The lowest BCUT2D eigenvalue weighted by Crippen LogP contribution is -2.46. The van der Waals surface area contributed by atoms with Crippen molar-refractivity contribution in [3.63, 3.8) is 0 Å². The zero-order valence-electron chi connectivity index (χ0n) is 11.7. The number of carbonyl (C=O) groups is 2. The first kappa shape index (κ1) is 17.6. The molecule has 1 amide bonds. The molecule has 0 aliphatic heterocycles. The third-order valence-electron chi connectivity index (χ3n) is 2.76. The van der Waals surface area contributed by atoms with Gasteiger partial charge >= 0.3 is 5.97 Å². The van der Waals surface area contributed by atoms with Crippen LogP contribution >= 0.6 is 23.2 Å². The molecule has 0 heterocycles. The molecule has 0 aromatic heterocycles. The van der Waals surface area contributed by atoms with Crippen LogP contribution in [0.3, 0.4) is 0 Å². The maximum atomic E-state index is 11.9. The molecule has 0 spiro atoms. The number of carboxylic acid groups (broad SMARTS) is 1. The number of amides is 1. The van der Waals surface area contributed by atoms with Crippen molar-refractivity contribution in [3.8, 4) is 5.75 Å². The van der Waals surface area contributed by atoms with E-state index in [4.69, 9.17) is 33.0 Å². The third-order valence-corrected chi connectivity index (χ3v) is 3.29. The van der Waals surface area contributed by atoms with E-state index >= 15 is 0 Å². The number of benzene rings is 1. The normalized spacial score (nSPS) is 13.3. The second-order valence-corrected chi connectivity index (χ2v) is 5.37. The molecule has 7 heteroatoms. The van der Waals surface area contributed by atoms with Gasteiger partial charge in [-0.05, 0) is 31.5 Å². The van der Waals surface area contributed by atoms with Gasteiger partial charge in [-0.1, -0.05) is 36.5 Å². The first-order valence-corrected chi connectivity index (χ1v) is 7.25. The summed E-state index contributed by atoms with van der Waals surface area (Å²) in [6.07, 6.45) is 0.132. The number of hydrogen-bond acceptors (Lipinski definition) is 3. The minimum absolute atomic E-state index is 0.283. The first-order chi connectivity index (χ1) is 9.85. The minimum Gasteiger partial charge on any atom is -0.480 e. The van der Waals surface area contributed by atoms with Gasteiger partial charge in [0.1, 0.15) is 11.8 Å². The van der Waals surface area contributed by atoms with E-state index in [2.05, 4.69) is 5.32 Å². The number of halogens is 2. The molecule has 21 heavy (non-hydrogen) atoms. The predicted octanol–water partition coefficient (Wildman–Crippen LogP) is 3.13. The Bertz CT molecular complexity index is 522. The van der Waals surface area contributed by atoms with Crippen molar-refractivity contribution in [2.24, 2.45) is 0 Å². The summed E-state index contributed by atoms with van der Waals surface area (Å²) < 4.78 is 5.43. The Kier molecular flexibility index (Phi) is 6.78. The Labute approximate surface area is 133 Å². The van der Waals surface area contributed by atoms with Gasteiger partial charge in [0.05, 0.1) is 5.02 Å². The second kappa shape index (κ2) is 8.10. The number of hydrogen-bond donors (Lipinski definition) is 2. The molecule has 1 rings (SSSR count). The van der Waals surface area contributed by atoms with Gasteiger partial charge < -0.3 is 15.2 Å². The maximum absolute atomic E-state index is 11.9. The fraction of sp³-hybridized carbons (Fsp3) is 0.429. The van der Waals surface area contributed by atoms with Crippen LogP contribution in [0, 0.1) is 0 Å². The molecule has 0 bridgehead atoms. The van der Waals surface area contributed by atoms with E-state index in [9.17, 15) is 9.59 Å². The van der Waals surface area contributed by atoms with Gasteiger partial charge in [0, 0.05) is 5.02 Å². The molecule has 2 atom stereocenters. The van der Waals surface area contributed by atoms with Crippen LogP contribution in [-0.2, 0) is 9.59 Å². The monoisotopic (exact) mass is 333 g/mol. The van der Waals surface area contributed by atoms with E-state index in [0.29, 0.717) is 23.6 Å². The Morgan fingerprint density at radius 3 is 2.57 bits per heavy atom. The van der Waals surface area contributed by atoms with Crippen LogP contribution in [-0.4, -0.2) is 29.1 Å². The number of ether oxygens (including phenoxy) is 1. The lowest BCUT2D eigenvalue weighted by Gasteiger charge is -2.19. The first-order valence-electron chi connectivity index (χ1n) is 6.50. The molecule has 0 aliphatic carbocycles. The van der Waals surface area contributed by atoms with Gasteiger partial charge in [-0.3, -0.25) is 4.79 Å². The largest absolute Gasteiger partial charge is 0.480 e. The molecular weight excluding hydrogens is 317 g/mol. The molecule has 5 nitrogen and oxygen atoms in total. The summed E-state index contributed by atoms with van der Waals surface area (Å²) in [5.41, 5.74) is 0. The van der Waals surface area contributed by atoms with Crippen LogP contribution < -0.4 is 10.1 Å². The van der Waals surface area contributed by atoms with Crippen LogP contribution in [0.25, 0.3) is 0 Å².